The van der Waals surface area contributed by atoms with Crippen molar-refractivity contribution in [3.8, 4) is 0 Å². The van der Waals surface area contributed by atoms with Crippen molar-refractivity contribution < 1.29 is 9.59 Å². The maximum Gasteiger partial charge on any atom is 0.188 e. The van der Waals surface area contributed by atoms with Crippen LogP contribution in [0.15, 0.2) is 0 Å². The molecular formula is C17H33N5O2. The molecule has 3 atom stereocenters. The second-order valence-corrected chi connectivity index (χ2v) is 6.94. The third kappa shape index (κ3) is 6.97. The molecule has 1 unspecified atom stereocenters. The van der Waals surface area contributed by atoms with Crippen molar-refractivity contribution in [1.82, 2.24) is 16.0 Å². The molecule has 1 aliphatic heterocycles. The highest BCUT2D eigenvalue weighted by atomic mass is 16.1. The Hall–Kier alpha value is -1.47. The van der Waals surface area contributed by atoms with Crippen molar-refractivity contribution in [3.63, 3.8) is 0 Å². The molecule has 24 heavy (non-hydrogen) atoms. The van der Waals surface area contributed by atoms with Crippen LogP contribution in [0.25, 0.3) is 0 Å². The molecule has 1 saturated heterocycles. The Kier molecular flexibility index (Phi) is 8.92. The minimum absolute atomic E-state index is 0.0241. The Labute approximate surface area is 145 Å². The van der Waals surface area contributed by atoms with Gasteiger partial charge in [0.2, 0.25) is 0 Å². The quantitative estimate of drug-likeness (QED) is 0.223. The van der Waals surface area contributed by atoms with Crippen LogP contribution in [0.5, 0.6) is 0 Å². The van der Waals surface area contributed by atoms with Crippen LogP contribution >= 0.6 is 0 Å². The van der Waals surface area contributed by atoms with Crippen molar-refractivity contribution in [1.29, 1.82) is 5.41 Å². The topological polar surface area (TPSA) is 120 Å². The predicted octanol–water partition coefficient (Wildman–Crippen LogP) is 0.390. The van der Waals surface area contributed by atoms with E-state index in [4.69, 9.17) is 11.1 Å². The summed E-state index contributed by atoms with van der Waals surface area (Å²) in [5.41, 5.74) is 5.84. The number of guanidine groups is 1. The summed E-state index contributed by atoms with van der Waals surface area (Å²) >= 11 is 0. The molecule has 0 spiro atoms. The molecule has 0 radical (unpaired) electrons. The predicted molar refractivity (Wildman–Crippen MR) is 96.0 cm³/mol. The number of nitrogens with one attached hydrogen (secondary N) is 4. The van der Waals surface area contributed by atoms with E-state index in [0.29, 0.717) is 19.5 Å². The van der Waals surface area contributed by atoms with Gasteiger partial charge in [0.1, 0.15) is 0 Å². The normalized spacial score (nSPS) is 19.8. The van der Waals surface area contributed by atoms with Crippen LogP contribution in [0.4, 0.5) is 0 Å². The highest BCUT2D eigenvalue weighted by Gasteiger charge is 2.26. The zero-order chi connectivity index (χ0) is 18.1. The van der Waals surface area contributed by atoms with E-state index in [1.165, 1.54) is 0 Å². The third-order valence-corrected chi connectivity index (χ3v) is 4.40. The summed E-state index contributed by atoms with van der Waals surface area (Å²) in [7, 11) is 0. The molecule has 1 rings (SSSR count). The first-order valence-electron chi connectivity index (χ1n) is 8.95. The van der Waals surface area contributed by atoms with E-state index in [1.54, 1.807) is 0 Å². The van der Waals surface area contributed by atoms with Gasteiger partial charge >= 0.3 is 0 Å². The largest absolute Gasteiger partial charge is 0.357 e. The third-order valence-electron chi connectivity index (χ3n) is 4.40. The van der Waals surface area contributed by atoms with E-state index >= 15 is 0 Å². The van der Waals surface area contributed by atoms with Gasteiger partial charge in [-0.3, -0.25) is 15.0 Å². The summed E-state index contributed by atoms with van der Waals surface area (Å²) < 4.78 is 0. The monoisotopic (exact) mass is 339 g/mol. The first kappa shape index (κ1) is 20.6. The van der Waals surface area contributed by atoms with Crippen molar-refractivity contribution in [2.75, 3.05) is 19.6 Å². The SMILES string of the molecule is CC(C)C(=O)[C@H](N)CCCNC(=N)NCC(C)C(=O)[C@H]1CCCN1. The van der Waals surface area contributed by atoms with Crippen LogP contribution in [0.2, 0.25) is 0 Å². The fraction of sp³-hybridized carbons (Fsp3) is 0.824. The van der Waals surface area contributed by atoms with Gasteiger partial charge in [0.25, 0.3) is 0 Å². The van der Waals surface area contributed by atoms with E-state index in [1.807, 2.05) is 20.8 Å². The molecule has 0 bridgehead atoms. The van der Waals surface area contributed by atoms with Crippen LogP contribution in [0.3, 0.4) is 0 Å². The van der Waals surface area contributed by atoms with Crippen LogP contribution < -0.4 is 21.7 Å². The summed E-state index contributed by atoms with van der Waals surface area (Å²) in [4.78, 5) is 23.9. The van der Waals surface area contributed by atoms with Gasteiger partial charge in [0.05, 0.1) is 12.1 Å². The van der Waals surface area contributed by atoms with Gasteiger partial charge < -0.3 is 21.7 Å². The van der Waals surface area contributed by atoms with Gasteiger partial charge in [-0.15, -0.1) is 0 Å². The summed E-state index contributed by atoms with van der Waals surface area (Å²) in [5.74, 6) is 0.334. The van der Waals surface area contributed by atoms with Crippen molar-refractivity contribution in [2.45, 2.75) is 58.5 Å². The fourth-order valence-corrected chi connectivity index (χ4v) is 2.79. The van der Waals surface area contributed by atoms with Crippen LogP contribution in [-0.2, 0) is 9.59 Å². The molecule has 7 heteroatoms. The summed E-state index contributed by atoms with van der Waals surface area (Å²) in [5, 5.41) is 16.9. The maximum absolute atomic E-state index is 12.2. The van der Waals surface area contributed by atoms with E-state index in [9.17, 15) is 9.59 Å². The molecule has 0 aromatic heterocycles. The lowest BCUT2D eigenvalue weighted by atomic mass is 9.99. The number of nitrogens with two attached hydrogens (primary N) is 1. The minimum atomic E-state index is -0.425. The van der Waals surface area contributed by atoms with Gasteiger partial charge in [-0.2, -0.15) is 0 Å². The van der Waals surface area contributed by atoms with Gasteiger partial charge in [0, 0.05) is 24.9 Å². The molecule has 1 fully saturated rings. The summed E-state index contributed by atoms with van der Waals surface area (Å²) in [6.07, 6.45) is 3.30. The number of carbonyl (C=O) groups excluding carboxylic acids is 2. The molecule has 0 aliphatic carbocycles. The second kappa shape index (κ2) is 10.4. The number of Topliss-reactive ketones (excluding diaryl/α,β-unsaturated/α-hetero) is 2. The van der Waals surface area contributed by atoms with Crippen LogP contribution in [0, 0.1) is 17.2 Å². The molecule has 1 heterocycles. The number of ketones is 2. The Morgan fingerprint density at radius 1 is 1.29 bits per heavy atom. The van der Waals surface area contributed by atoms with Gasteiger partial charge in [-0.1, -0.05) is 20.8 Å². The van der Waals surface area contributed by atoms with Crippen molar-refractivity contribution >= 4 is 17.5 Å². The average Bonchev–Trinajstić information content (AvgIpc) is 3.09. The van der Waals surface area contributed by atoms with E-state index in [0.717, 1.165) is 25.8 Å². The van der Waals surface area contributed by atoms with Gasteiger partial charge in [-0.05, 0) is 32.2 Å². The molecule has 138 valence electrons. The van der Waals surface area contributed by atoms with E-state index in [2.05, 4.69) is 16.0 Å². The Bertz CT molecular complexity index is 433. The van der Waals surface area contributed by atoms with E-state index < -0.39 is 6.04 Å². The first-order valence-corrected chi connectivity index (χ1v) is 8.95. The van der Waals surface area contributed by atoms with Crippen molar-refractivity contribution in [2.24, 2.45) is 17.6 Å². The molecular weight excluding hydrogens is 306 g/mol. The second-order valence-electron chi connectivity index (χ2n) is 6.94. The standard InChI is InChI=1S/C17H33N5O2/c1-11(2)15(23)13(18)6-4-9-21-17(19)22-10-12(3)16(24)14-7-5-8-20-14/h11-14,20H,4-10,18H2,1-3H3,(H3,19,21,22)/t12?,13-,14-/m1/s1. The summed E-state index contributed by atoms with van der Waals surface area (Å²) in [6, 6.07) is -0.450. The van der Waals surface area contributed by atoms with Gasteiger partial charge in [0.15, 0.2) is 17.5 Å². The Morgan fingerprint density at radius 2 is 2.00 bits per heavy atom. The van der Waals surface area contributed by atoms with Crippen molar-refractivity contribution in [3.05, 3.63) is 0 Å². The van der Waals surface area contributed by atoms with E-state index in [-0.39, 0.29) is 35.4 Å². The van der Waals surface area contributed by atoms with Crippen LogP contribution in [0.1, 0.15) is 46.5 Å². The average molecular weight is 339 g/mol. The lowest BCUT2D eigenvalue weighted by molar-refractivity contribution is -0.124. The minimum Gasteiger partial charge on any atom is -0.357 e. The first-order chi connectivity index (χ1) is 11.3. The molecule has 0 aromatic carbocycles. The van der Waals surface area contributed by atoms with Gasteiger partial charge in [-0.25, -0.2) is 0 Å². The highest BCUT2D eigenvalue weighted by molar-refractivity contribution is 5.87. The Balaban J connectivity index is 2.13. The number of carbonyl (C=O) groups is 2. The maximum atomic E-state index is 12.2. The highest BCUT2D eigenvalue weighted by Crippen LogP contribution is 2.10. The molecule has 1 aliphatic rings. The molecule has 0 amide bonds. The number of hydrogen-bond donors (Lipinski definition) is 5. The zero-order valence-electron chi connectivity index (χ0n) is 15.2. The smallest absolute Gasteiger partial charge is 0.188 e. The lowest BCUT2D eigenvalue weighted by Crippen LogP contribution is -2.43. The lowest BCUT2D eigenvalue weighted by Gasteiger charge is -2.18. The molecule has 6 N–H and O–H groups in total. The molecule has 0 saturated carbocycles. The molecule has 0 aromatic rings. The number of hydrogen-bond acceptors (Lipinski definition) is 5. The number of rotatable bonds is 10. The Morgan fingerprint density at radius 3 is 2.58 bits per heavy atom. The summed E-state index contributed by atoms with van der Waals surface area (Å²) in [6.45, 7) is 7.54. The van der Waals surface area contributed by atoms with Crippen LogP contribution in [-0.4, -0.2) is 49.2 Å². The zero-order valence-corrected chi connectivity index (χ0v) is 15.2. The molecule has 7 nitrogen and oxygen atoms in total. The fourth-order valence-electron chi connectivity index (χ4n) is 2.79.